The molecule has 3 heterocycles. The van der Waals surface area contributed by atoms with Crippen LogP contribution in [0.5, 0.6) is 0 Å². The normalized spacial score (nSPS) is 11.4. The highest BCUT2D eigenvalue weighted by molar-refractivity contribution is 6.03. The lowest BCUT2D eigenvalue weighted by Gasteiger charge is -2.13. The molecule has 0 aliphatic rings. The number of aryl methyl sites for hydroxylation is 1. The Morgan fingerprint density at radius 1 is 1.40 bits per heavy atom. The molecule has 3 rings (SSSR count). The Bertz CT molecular complexity index is 939. The first-order chi connectivity index (χ1) is 12.0. The number of esters is 1. The predicted octanol–water partition coefficient (Wildman–Crippen LogP) is 2.23. The van der Waals surface area contributed by atoms with Crippen LogP contribution in [0.25, 0.3) is 11.1 Å². The maximum absolute atomic E-state index is 12.4. The Kier molecular flexibility index (Phi) is 4.71. The van der Waals surface area contributed by atoms with E-state index in [0.717, 1.165) is 5.76 Å². The van der Waals surface area contributed by atoms with Crippen LogP contribution in [-0.2, 0) is 17.8 Å². The van der Waals surface area contributed by atoms with Crippen LogP contribution in [0.4, 0.5) is 0 Å². The summed E-state index contributed by atoms with van der Waals surface area (Å²) in [5, 5.41) is 0.119. The topological polar surface area (TPSA) is 102 Å². The quantitative estimate of drug-likeness (QED) is 0.683. The number of ether oxygens (including phenoxy) is 1. The first-order valence-corrected chi connectivity index (χ1v) is 7.90. The second-order valence-electron chi connectivity index (χ2n) is 5.70. The van der Waals surface area contributed by atoms with E-state index < -0.39 is 11.5 Å². The smallest absolute Gasteiger partial charge is 0.342 e. The first kappa shape index (κ1) is 17.0. The van der Waals surface area contributed by atoms with E-state index in [1.54, 1.807) is 20.1 Å². The molecule has 3 aromatic rings. The number of aromatic amines is 1. The van der Waals surface area contributed by atoms with Crippen LogP contribution in [-0.4, -0.2) is 34.5 Å². The summed E-state index contributed by atoms with van der Waals surface area (Å²) in [6.45, 7) is 4.48. The molecule has 132 valence electrons. The minimum absolute atomic E-state index is 0.119. The van der Waals surface area contributed by atoms with Crippen LogP contribution in [0.15, 0.2) is 32.0 Å². The second kappa shape index (κ2) is 6.94. The standard InChI is InChI=1S/C17H19N3O5/c1-4-23-17(22)13-10(2)25-16-14(13)15(21)18-12(19-16)9-20(3)8-11-6-5-7-24-11/h5-7H,4,8-9H2,1-3H3,(H,18,19,21). The Morgan fingerprint density at radius 3 is 2.88 bits per heavy atom. The molecule has 0 saturated heterocycles. The molecule has 8 heteroatoms. The van der Waals surface area contributed by atoms with Crippen molar-refractivity contribution in [1.29, 1.82) is 0 Å². The zero-order valence-corrected chi connectivity index (χ0v) is 14.3. The minimum atomic E-state index is -0.589. The summed E-state index contributed by atoms with van der Waals surface area (Å²) in [6, 6.07) is 3.69. The maximum atomic E-state index is 12.4. The van der Waals surface area contributed by atoms with Crippen molar-refractivity contribution in [2.24, 2.45) is 0 Å². The van der Waals surface area contributed by atoms with E-state index in [1.165, 1.54) is 0 Å². The minimum Gasteiger partial charge on any atom is -0.468 e. The highest BCUT2D eigenvalue weighted by Gasteiger charge is 2.23. The number of nitrogens with one attached hydrogen (secondary N) is 1. The highest BCUT2D eigenvalue weighted by Crippen LogP contribution is 2.22. The molecule has 0 bridgehead atoms. The van der Waals surface area contributed by atoms with Crippen molar-refractivity contribution in [3.05, 3.63) is 51.7 Å². The van der Waals surface area contributed by atoms with E-state index >= 15 is 0 Å². The molecule has 0 aliphatic heterocycles. The molecular formula is C17H19N3O5. The van der Waals surface area contributed by atoms with Crippen molar-refractivity contribution in [3.63, 3.8) is 0 Å². The lowest BCUT2D eigenvalue weighted by molar-refractivity contribution is 0.0526. The van der Waals surface area contributed by atoms with Crippen LogP contribution in [0.3, 0.4) is 0 Å². The van der Waals surface area contributed by atoms with Crippen molar-refractivity contribution < 1.29 is 18.4 Å². The number of hydrogen-bond acceptors (Lipinski definition) is 7. The average molecular weight is 345 g/mol. The van der Waals surface area contributed by atoms with Gasteiger partial charge in [0.05, 0.1) is 26.0 Å². The number of carbonyl (C=O) groups excluding carboxylic acids is 1. The van der Waals surface area contributed by atoms with E-state index in [2.05, 4.69) is 9.97 Å². The van der Waals surface area contributed by atoms with Gasteiger partial charge in [-0.25, -0.2) is 4.79 Å². The average Bonchev–Trinajstić information content (AvgIpc) is 3.14. The molecule has 0 spiro atoms. The number of fused-ring (bicyclic) bond motifs is 1. The molecule has 0 amide bonds. The van der Waals surface area contributed by atoms with Crippen LogP contribution < -0.4 is 5.56 Å². The summed E-state index contributed by atoms with van der Waals surface area (Å²) < 4.78 is 15.8. The van der Waals surface area contributed by atoms with Crippen molar-refractivity contribution in [2.75, 3.05) is 13.7 Å². The Morgan fingerprint density at radius 2 is 2.20 bits per heavy atom. The van der Waals surface area contributed by atoms with E-state index in [4.69, 9.17) is 13.6 Å². The van der Waals surface area contributed by atoms with Gasteiger partial charge in [-0.15, -0.1) is 0 Å². The van der Waals surface area contributed by atoms with Gasteiger partial charge in [-0.05, 0) is 33.0 Å². The van der Waals surface area contributed by atoms with Gasteiger partial charge in [-0.2, -0.15) is 4.98 Å². The number of H-pyrrole nitrogens is 1. The van der Waals surface area contributed by atoms with Crippen LogP contribution in [0.1, 0.15) is 34.6 Å². The van der Waals surface area contributed by atoms with Gasteiger partial charge >= 0.3 is 5.97 Å². The summed E-state index contributed by atoms with van der Waals surface area (Å²) in [5.74, 6) is 0.973. The monoisotopic (exact) mass is 345 g/mol. The maximum Gasteiger partial charge on any atom is 0.342 e. The number of nitrogens with zero attached hydrogens (tertiary/aromatic N) is 2. The van der Waals surface area contributed by atoms with Crippen molar-refractivity contribution in [3.8, 4) is 0 Å². The molecule has 8 nitrogen and oxygen atoms in total. The molecule has 25 heavy (non-hydrogen) atoms. The highest BCUT2D eigenvalue weighted by atomic mass is 16.5. The van der Waals surface area contributed by atoms with Gasteiger partial charge in [0.25, 0.3) is 5.56 Å². The van der Waals surface area contributed by atoms with Gasteiger partial charge in [0, 0.05) is 0 Å². The lowest BCUT2D eigenvalue weighted by atomic mass is 10.2. The van der Waals surface area contributed by atoms with Gasteiger partial charge in [0.15, 0.2) is 0 Å². The van der Waals surface area contributed by atoms with Gasteiger partial charge < -0.3 is 18.6 Å². The number of rotatable bonds is 6. The molecule has 0 aliphatic carbocycles. The Labute approximate surface area is 143 Å². The third kappa shape index (κ3) is 3.48. The molecule has 0 unspecified atom stereocenters. The summed E-state index contributed by atoms with van der Waals surface area (Å²) in [5.41, 5.74) is -0.168. The summed E-state index contributed by atoms with van der Waals surface area (Å²) in [6.07, 6.45) is 1.61. The lowest BCUT2D eigenvalue weighted by Crippen LogP contribution is -2.22. The SMILES string of the molecule is CCOC(=O)c1c(C)oc2nc(CN(C)Cc3ccco3)[nH]c(=O)c12. The van der Waals surface area contributed by atoms with Gasteiger partial charge in [0.2, 0.25) is 5.71 Å². The van der Waals surface area contributed by atoms with Crippen LogP contribution >= 0.6 is 0 Å². The number of hydrogen-bond donors (Lipinski definition) is 1. The molecule has 0 aromatic carbocycles. The molecule has 3 aromatic heterocycles. The van der Waals surface area contributed by atoms with Crippen LogP contribution in [0, 0.1) is 6.92 Å². The summed E-state index contributed by atoms with van der Waals surface area (Å²) in [7, 11) is 1.88. The zero-order chi connectivity index (χ0) is 18.0. The molecule has 0 radical (unpaired) electrons. The number of carbonyl (C=O) groups is 1. The molecular weight excluding hydrogens is 326 g/mol. The predicted molar refractivity (Wildman–Crippen MR) is 89.2 cm³/mol. The van der Waals surface area contributed by atoms with Crippen molar-refractivity contribution in [2.45, 2.75) is 26.9 Å². The fraction of sp³-hybridized carbons (Fsp3) is 0.353. The van der Waals surface area contributed by atoms with E-state index in [9.17, 15) is 9.59 Å². The van der Waals surface area contributed by atoms with Gasteiger partial charge in [-0.3, -0.25) is 9.69 Å². The van der Waals surface area contributed by atoms with Crippen molar-refractivity contribution >= 4 is 17.1 Å². The summed E-state index contributed by atoms with van der Waals surface area (Å²) in [4.78, 5) is 33.5. The molecule has 0 atom stereocenters. The van der Waals surface area contributed by atoms with Gasteiger partial charge in [-0.1, -0.05) is 0 Å². The zero-order valence-electron chi connectivity index (χ0n) is 14.3. The molecule has 0 fully saturated rings. The molecule has 0 saturated carbocycles. The second-order valence-corrected chi connectivity index (χ2v) is 5.70. The number of furan rings is 2. The Hall–Kier alpha value is -2.87. The third-order valence-electron chi connectivity index (χ3n) is 3.69. The van der Waals surface area contributed by atoms with Crippen molar-refractivity contribution in [1.82, 2.24) is 14.9 Å². The largest absolute Gasteiger partial charge is 0.468 e. The summed E-state index contributed by atoms with van der Waals surface area (Å²) >= 11 is 0. The van der Waals surface area contributed by atoms with E-state index in [-0.39, 0.29) is 23.3 Å². The van der Waals surface area contributed by atoms with Crippen LogP contribution in [0.2, 0.25) is 0 Å². The fourth-order valence-electron chi connectivity index (χ4n) is 2.67. The van der Waals surface area contributed by atoms with E-state index in [1.807, 2.05) is 24.1 Å². The molecule has 1 N–H and O–H groups in total. The van der Waals surface area contributed by atoms with Gasteiger partial charge in [0.1, 0.15) is 28.3 Å². The first-order valence-electron chi connectivity index (χ1n) is 7.90. The Balaban J connectivity index is 1.89. The fourth-order valence-corrected chi connectivity index (χ4v) is 2.67. The third-order valence-corrected chi connectivity index (χ3v) is 3.69. The van der Waals surface area contributed by atoms with E-state index in [0.29, 0.717) is 24.7 Å². The number of aromatic nitrogens is 2.